The van der Waals surface area contributed by atoms with E-state index in [4.69, 9.17) is 0 Å². The second-order valence-electron chi connectivity index (χ2n) is 6.13. The van der Waals surface area contributed by atoms with Crippen molar-refractivity contribution in [1.82, 2.24) is 10.3 Å². The van der Waals surface area contributed by atoms with Gasteiger partial charge in [-0.15, -0.1) is 0 Å². The van der Waals surface area contributed by atoms with Gasteiger partial charge in [-0.2, -0.15) is 0 Å². The lowest BCUT2D eigenvalue weighted by Gasteiger charge is -2.37. The third-order valence-corrected chi connectivity index (χ3v) is 3.90. The summed E-state index contributed by atoms with van der Waals surface area (Å²) in [6.45, 7) is 7.02. The van der Waals surface area contributed by atoms with Crippen molar-refractivity contribution in [3.63, 3.8) is 0 Å². The van der Waals surface area contributed by atoms with Gasteiger partial charge in [0.15, 0.2) is 0 Å². The molecule has 0 amide bonds. The van der Waals surface area contributed by atoms with E-state index in [9.17, 15) is 0 Å². The van der Waals surface area contributed by atoms with Gasteiger partial charge in [-0.25, -0.2) is 0 Å². The summed E-state index contributed by atoms with van der Waals surface area (Å²) in [5.41, 5.74) is 1.84. The standard InChI is InChI=1S/C15H24N2/c1-12(13-6-9-16-10-7-13)17-14-5-4-8-15(2,3)11-14/h6-7,9-10,12,14,17H,4-5,8,11H2,1-3H3. The Morgan fingerprint density at radius 2 is 2.06 bits per heavy atom. The predicted molar refractivity (Wildman–Crippen MR) is 71.8 cm³/mol. The second kappa shape index (κ2) is 5.18. The first-order valence-corrected chi connectivity index (χ1v) is 6.73. The van der Waals surface area contributed by atoms with Crippen molar-refractivity contribution in [2.45, 2.75) is 58.5 Å². The van der Waals surface area contributed by atoms with Gasteiger partial charge in [-0.1, -0.05) is 20.3 Å². The highest BCUT2D eigenvalue weighted by atomic mass is 14.9. The van der Waals surface area contributed by atoms with Crippen molar-refractivity contribution in [3.8, 4) is 0 Å². The molecular weight excluding hydrogens is 208 g/mol. The van der Waals surface area contributed by atoms with Gasteiger partial charge < -0.3 is 5.32 Å². The molecular formula is C15H24N2. The summed E-state index contributed by atoms with van der Waals surface area (Å²) in [7, 11) is 0. The third kappa shape index (κ3) is 3.53. The highest BCUT2D eigenvalue weighted by Gasteiger charge is 2.28. The van der Waals surface area contributed by atoms with Crippen molar-refractivity contribution in [3.05, 3.63) is 30.1 Å². The molecule has 1 saturated carbocycles. The molecule has 0 radical (unpaired) electrons. The first-order valence-electron chi connectivity index (χ1n) is 6.73. The van der Waals surface area contributed by atoms with E-state index < -0.39 is 0 Å². The van der Waals surface area contributed by atoms with Gasteiger partial charge in [0.1, 0.15) is 0 Å². The Hall–Kier alpha value is -0.890. The van der Waals surface area contributed by atoms with Crippen molar-refractivity contribution < 1.29 is 0 Å². The molecule has 17 heavy (non-hydrogen) atoms. The Labute approximate surface area is 105 Å². The molecule has 0 spiro atoms. The lowest BCUT2D eigenvalue weighted by molar-refractivity contribution is 0.191. The van der Waals surface area contributed by atoms with E-state index in [0.717, 1.165) is 0 Å². The van der Waals surface area contributed by atoms with Gasteiger partial charge in [-0.3, -0.25) is 4.98 Å². The van der Waals surface area contributed by atoms with E-state index in [2.05, 4.69) is 43.2 Å². The number of hydrogen-bond donors (Lipinski definition) is 1. The molecule has 2 heteroatoms. The van der Waals surface area contributed by atoms with Crippen LogP contribution in [0.3, 0.4) is 0 Å². The maximum absolute atomic E-state index is 4.07. The minimum Gasteiger partial charge on any atom is -0.307 e. The SMILES string of the molecule is CC(NC1CCCC(C)(C)C1)c1ccncc1. The van der Waals surface area contributed by atoms with E-state index >= 15 is 0 Å². The molecule has 2 atom stereocenters. The van der Waals surface area contributed by atoms with Crippen molar-refractivity contribution in [1.29, 1.82) is 0 Å². The third-order valence-electron chi connectivity index (χ3n) is 3.90. The molecule has 1 aliphatic rings. The molecule has 0 aromatic carbocycles. The largest absolute Gasteiger partial charge is 0.307 e. The topological polar surface area (TPSA) is 24.9 Å². The lowest BCUT2D eigenvalue weighted by atomic mass is 9.75. The zero-order valence-corrected chi connectivity index (χ0v) is 11.2. The molecule has 0 saturated heterocycles. The second-order valence-corrected chi connectivity index (χ2v) is 6.13. The van der Waals surface area contributed by atoms with Crippen LogP contribution < -0.4 is 5.32 Å². The van der Waals surface area contributed by atoms with Crippen LogP contribution in [0, 0.1) is 5.41 Å². The van der Waals surface area contributed by atoms with Gasteiger partial charge in [0.25, 0.3) is 0 Å². The van der Waals surface area contributed by atoms with Crippen LogP contribution in [0.2, 0.25) is 0 Å². The minimum atomic E-state index is 0.428. The van der Waals surface area contributed by atoms with Crippen molar-refractivity contribution >= 4 is 0 Å². The molecule has 2 nitrogen and oxygen atoms in total. The molecule has 1 aromatic heterocycles. The average Bonchev–Trinajstić information content (AvgIpc) is 2.29. The van der Waals surface area contributed by atoms with E-state index in [1.54, 1.807) is 0 Å². The van der Waals surface area contributed by atoms with Gasteiger partial charge in [-0.05, 0) is 49.3 Å². The van der Waals surface area contributed by atoms with E-state index in [-0.39, 0.29) is 0 Å². The van der Waals surface area contributed by atoms with Gasteiger partial charge in [0, 0.05) is 24.5 Å². The Balaban J connectivity index is 1.93. The van der Waals surface area contributed by atoms with E-state index in [1.165, 1.54) is 31.2 Å². The van der Waals surface area contributed by atoms with E-state index in [1.807, 2.05) is 12.4 Å². The zero-order valence-electron chi connectivity index (χ0n) is 11.2. The van der Waals surface area contributed by atoms with Gasteiger partial charge in [0.2, 0.25) is 0 Å². The maximum atomic E-state index is 4.07. The van der Waals surface area contributed by atoms with Crippen LogP contribution in [0.4, 0.5) is 0 Å². The molecule has 2 rings (SSSR count). The number of hydrogen-bond acceptors (Lipinski definition) is 2. The Kier molecular flexibility index (Phi) is 3.82. The molecule has 1 N–H and O–H groups in total. The fraction of sp³-hybridized carbons (Fsp3) is 0.667. The summed E-state index contributed by atoms with van der Waals surface area (Å²) in [4.78, 5) is 4.07. The number of aromatic nitrogens is 1. The lowest BCUT2D eigenvalue weighted by Crippen LogP contribution is -2.38. The fourth-order valence-corrected chi connectivity index (χ4v) is 2.94. The maximum Gasteiger partial charge on any atom is 0.0295 e. The Morgan fingerprint density at radius 1 is 1.35 bits per heavy atom. The van der Waals surface area contributed by atoms with Crippen LogP contribution in [-0.4, -0.2) is 11.0 Å². The Bertz CT molecular complexity index is 345. The predicted octanol–water partition coefficient (Wildman–Crippen LogP) is 3.70. The summed E-state index contributed by atoms with van der Waals surface area (Å²) in [6, 6.07) is 5.30. The van der Waals surface area contributed by atoms with Gasteiger partial charge in [0.05, 0.1) is 0 Å². The summed E-state index contributed by atoms with van der Waals surface area (Å²) in [5.74, 6) is 0. The molecule has 1 aromatic rings. The fourth-order valence-electron chi connectivity index (χ4n) is 2.94. The van der Waals surface area contributed by atoms with Crippen LogP contribution in [0.15, 0.2) is 24.5 Å². The van der Waals surface area contributed by atoms with E-state index in [0.29, 0.717) is 17.5 Å². The normalized spacial score (nSPS) is 25.5. The van der Waals surface area contributed by atoms with Crippen LogP contribution in [0.1, 0.15) is 58.1 Å². The van der Waals surface area contributed by atoms with Crippen LogP contribution in [-0.2, 0) is 0 Å². The van der Waals surface area contributed by atoms with Crippen LogP contribution in [0.5, 0.6) is 0 Å². The Morgan fingerprint density at radius 3 is 2.71 bits per heavy atom. The summed E-state index contributed by atoms with van der Waals surface area (Å²) in [5, 5.41) is 3.76. The van der Waals surface area contributed by atoms with Crippen LogP contribution in [0.25, 0.3) is 0 Å². The highest BCUT2D eigenvalue weighted by molar-refractivity contribution is 5.14. The quantitative estimate of drug-likeness (QED) is 0.859. The zero-order chi connectivity index (χ0) is 12.3. The van der Waals surface area contributed by atoms with Crippen LogP contribution >= 0.6 is 0 Å². The summed E-state index contributed by atoms with van der Waals surface area (Å²) < 4.78 is 0. The first kappa shape index (κ1) is 12.6. The molecule has 1 aliphatic carbocycles. The summed E-state index contributed by atoms with van der Waals surface area (Å²) >= 11 is 0. The summed E-state index contributed by atoms with van der Waals surface area (Å²) in [6.07, 6.45) is 9.08. The van der Waals surface area contributed by atoms with Crippen molar-refractivity contribution in [2.75, 3.05) is 0 Å². The smallest absolute Gasteiger partial charge is 0.0295 e. The monoisotopic (exact) mass is 232 g/mol. The molecule has 0 aliphatic heterocycles. The first-order chi connectivity index (χ1) is 8.07. The molecule has 2 unspecified atom stereocenters. The molecule has 1 fully saturated rings. The minimum absolute atomic E-state index is 0.428. The molecule has 94 valence electrons. The number of nitrogens with zero attached hydrogens (tertiary/aromatic N) is 1. The molecule has 0 bridgehead atoms. The van der Waals surface area contributed by atoms with Gasteiger partial charge >= 0.3 is 0 Å². The number of rotatable bonds is 3. The highest BCUT2D eigenvalue weighted by Crippen LogP contribution is 2.35. The van der Waals surface area contributed by atoms with Crippen molar-refractivity contribution in [2.24, 2.45) is 5.41 Å². The molecule has 1 heterocycles. The average molecular weight is 232 g/mol. The number of nitrogens with one attached hydrogen (secondary N) is 1. The number of pyridine rings is 1.